The van der Waals surface area contributed by atoms with E-state index in [0.717, 1.165) is 18.2 Å². The Balaban J connectivity index is 1.67. The molecule has 1 atom stereocenters. The average Bonchev–Trinajstić information content (AvgIpc) is 3.13. The molecule has 1 aliphatic heterocycles. The Labute approximate surface area is 152 Å². The van der Waals surface area contributed by atoms with Gasteiger partial charge in [0.05, 0.1) is 0 Å². The van der Waals surface area contributed by atoms with E-state index in [1.165, 1.54) is 16.9 Å². The molecule has 2 N–H and O–H groups in total. The standard InChI is InChI=1S/C18H24N4O2S/c1-19-18-20-16(13-25-18)17(24)22-9-8-21(15(12-22)7-10-23)11-14-5-3-2-4-6-14/h2-6,13,15,23H,7-12H2,1H3,(H,19,20)/t15-/m0/s1. The summed E-state index contributed by atoms with van der Waals surface area (Å²) in [6.45, 7) is 3.07. The maximum Gasteiger partial charge on any atom is 0.273 e. The van der Waals surface area contributed by atoms with Crippen molar-refractivity contribution in [2.45, 2.75) is 19.0 Å². The number of rotatable bonds is 6. The van der Waals surface area contributed by atoms with Crippen LogP contribution < -0.4 is 5.32 Å². The fourth-order valence-electron chi connectivity index (χ4n) is 3.18. The first-order valence-corrected chi connectivity index (χ1v) is 9.40. The second-order valence-electron chi connectivity index (χ2n) is 6.16. The van der Waals surface area contributed by atoms with Gasteiger partial charge in [0.25, 0.3) is 5.91 Å². The lowest BCUT2D eigenvalue weighted by Gasteiger charge is -2.41. The zero-order valence-electron chi connectivity index (χ0n) is 14.4. The van der Waals surface area contributed by atoms with Crippen molar-refractivity contribution in [2.75, 3.05) is 38.6 Å². The van der Waals surface area contributed by atoms with Crippen LogP contribution in [0.25, 0.3) is 0 Å². The maximum atomic E-state index is 12.7. The summed E-state index contributed by atoms with van der Waals surface area (Å²) in [7, 11) is 1.80. The number of amides is 1. The van der Waals surface area contributed by atoms with Gasteiger partial charge in [-0.3, -0.25) is 9.69 Å². The molecule has 0 bridgehead atoms. The van der Waals surface area contributed by atoms with Crippen molar-refractivity contribution in [1.29, 1.82) is 0 Å². The van der Waals surface area contributed by atoms with E-state index >= 15 is 0 Å². The Kier molecular flexibility index (Phi) is 6.01. The SMILES string of the molecule is CNc1nc(C(=O)N2CCN(Cc3ccccc3)[C@@H](CCO)C2)cs1. The summed E-state index contributed by atoms with van der Waals surface area (Å²) in [5, 5.41) is 14.9. The third-order valence-corrected chi connectivity index (χ3v) is 5.38. The molecular formula is C18H24N4O2S. The first-order chi connectivity index (χ1) is 12.2. The number of aliphatic hydroxyl groups excluding tert-OH is 1. The van der Waals surface area contributed by atoms with E-state index in [2.05, 4.69) is 27.3 Å². The van der Waals surface area contributed by atoms with E-state index in [1.54, 1.807) is 12.4 Å². The smallest absolute Gasteiger partial charge is 0.273 e. The monoisotopic (exact) mass is 360 g/mol. The number of aromatic nitrogens is 1. The number of carbonyl (C=O) groups excluding carboxylic acids is 1. The lowest BCUT2D eigenvalue weighted by molar-refractivity contribution is 0.0391. The molecule has 3 rings (SSSR count). The van der Waals surface area contributed by atoms with Gasteiger partial charge in [-0.15, -0.1) is 11.3 Å². The summed E-state index contributed by atoms with van der Waals surface area (Å²) >= 11 is 1.44. The molecule has 6 nitrogen and oxygen atoms in total. The fraction of sp³-hybridized carbons (Fsp3) is 0.444. The maximum absolute atomic E-state index is 12.7. The minimum absolute atomic E-state index is 0.0277. The van der Waals surface area contributed by atoms with Crippen LogP contribution in [0.15, 0.2) is 35.7 Å². The molecule has 0 unspecified atom stereocenters. The average molecular weight is 360 g/mol. The normalized spacial score (nSPS) is 18.3. The highest BCUT2D eigenvalue weighted by Gasteiger charge is 2.30. The third kappa shape index (κ3) is 4.36. The number of hydrogen-bond donors (Lipinski definition) is 2. The van der Waals surface area contributed by atoms with Crippen molar-refractivity contribution < 1.29 is 9.90 Å². The van der Waals surface area contributed by atoms with Crippen LogP contribution >= 0.6 is 11.3 Å². The molecule has 1 aromatic carbocycles. The van der Waals surface area contributed by atoms with Gasteiger partial charge >= 0.3 is 0 Å². The van der Waals surface area contributed by atoms with E-state index < -0.39 is 0 Å². The lowest BCUT2D eigenvalue weighted by Crippen LogP contribution is -2.54. The van der Waals surface area contributed by atoms with Gasteiger partial charge in [0.2, 0.25) is 0 Å². The highest BCUT2D eigenvalue weighted by molar-refractivity contribution is 7.13. The van der Waals surface area contributed by atoms with Crippen LogP contribution in [0.4, 0.5) is 5.13 Å². The van der Waals surface area contributed by atoms with Crippen LogP contribution in [0.2, 0.25) is 0 Å². The number of benzene rings is 1. The molecule has 1 amide bonds. The molecule has 0 spiro atoms. The van der Waals surface area contributed by atoms with Crippen LogP contribution in [0.1, 0.15) is 22.5 Å². The number of piperazine rings is 1. The van der Waals surface area contributed by atoms with Crippen LogP contribution in [0, 0.1) is 0 Å². The largest absolute Gasteiger partial charge is 0.396 e. The van der Waals surface area contributed by atoms with Crippen molar-refractivity contribution >= 4 is 22.4 Å². The minimum Gasteiger partial charge on any atom is -0.396 e. The molecule has 0 saturated carbocycles. The van der Waals surface area contributed by atoms with Gasteiger partial charge in [0, 0.05) is 51.3 Å². The predicted octanol–water partition coefficient (Wildman–Crippen LogP) is 1.89. The molecule has 1 fully saturated rings. The van der Waals surface area contributed by atoms with Crippen LogP contribution in [-0.4, -0.2) is 65.1 Å². The Morgan fingerprint density at radius 1 is 1.36 bits per heavy atom. The van der Waals surface area contributed by atoms with E-state index in [1.807, 2.05) is 23.1 Å². The van der Waals surface area contributed by atoms with Crippen molar-refractivity contribution in [1.82, 2.24) is 14.8 Å². The third-order valence-electron chi connectivity index (χ3n) is 4.52. The second-order valence-corrected chi connectivity index (χ2v) is 7.02. The van der Waals surface area contributed by atoms with Crippen molar-refractivity contribution in [3.8, 4) is 0 Å². The van der Waals surface area contributed by atoms with Gasteiger partial charge in [-0.05, 0) is 12.0 Å². The number of nitrogens with one attached hydrogen (secondary N) is 1. The Morgan fingerprint density at radius 2 is 2.16 bits per heavy atom. The summed E-state index contributed by atoms with van der Waals surface area (Å²) in [5.41, 5.74) is 1.75. The fourth-order valence-corrected chi connectivity index (χ4v) is 3.82. The van der Waals surface area contributed by atoms with E-state index in [4.69, 9.17) is 0 Å². The summed E-state index contributed by atoms with van der Waals surface area (Å²) in [6.07, 6.45) is 0.662. The molecule has 1 aromatic heterocycles. The van der Waals surface area contributed by atoms with E-state index in [-0.39, 0.29) is 18.6 Å². The second kappa shape index (κ2) is 8.42. The molecule has 0 radical (unpaired) electrons. The van der Waals surface area contributed by atoms with Crippen molar-refractivity contribution in [2.24, 2.45) is 0 Å². The van der Waals surface area contributed by atoms with Crippen LogP contribution in [-0.2, 0) is 6.54 Å². The summed E-state index contributed by atoms with van der Waals surface area (Å²) < 4.78 is 0. The quantitative estimate of drug-likeness (QED) is 0.823. The zero-order valence-corrected chi connectivity index (χ0v) is 15.2. The molecule has 134 valence electrons. The Bertz CT molecular complexity index is 691. The summed E-state index contributed by atoms with van der Waals surface area (Å²) in [4.78, 5) is 21.2. The molecule has 2 heterocycles. The van der Waals surface area contributed by atoms with Gasteiger partial charge in [-0.2, -0.15) is 0 Å². The number of nitrogens with zero attached hydrogens (tertiary/aromatic N) is 3. The number of hydrogen-bond acceptors (Lipinski definition) is 6. The molecule has 2 aromatic rings. The van der Waals surface area contributed by atoms with Crippen LogP contribution in [0.3, 0.4) is 0 Å². The van der Waals surface area contributed by atoms with Crippen molar-refractivity contribution in [3.05, 3.63) is 47.0 Å². The molecule has 1 aliphatic rings. The molecule has 7 heteroatoms. The molecule has 1 saturated heterocycles. The number of carbonyl (C=O) groups is 1. The first kappa shape index (κ1) is 17.8. The van der Waals surface area contributed by atoms with Gasteiger partial charge in [0.15, 0.2) is 5.13 Å². The number of anilines is 1. The molecule has 0 aliphatic carbocycles. The minimum atomic E-state index is -0.0277. The summed E-state index contributed by atoms with van der Waals surface area (Å²) in [6, 6.07) is 10.5. The topological polar surface area (TPSA) is 68.7 Å². The zero-order chi connectivity index (χ0) is 17.6. The Hall–Kier alpha value is -1.96. The molecule has 25 heavy (non-hydrogen) atoms. The lowest BCUT2D eigenvalue weighted by atomic mass is 10.1. The van der Waals surface area contributed by atoms with Crippen LogP contribution in [0.5, 0.6) is 0 Å². The van der Waals surface area contributed by atoms with Gasteiger partial charge in [0.1, 0.15) is 5.69 Å². The van der Waals surface area contributed by atoms with E-state index in [0.29, 0.717) is 25.2 Å². The van der Waals surface area contributed by atoms with E-state index in [9.17, 15) is 9.90 Å². The number of thiazole rings is 1. The van der Waals surface area contributed by atoms with Gasteiger partial charge in [-0.25, -0.2) is 4.98 Å². The molecular weight excluding hydrogens is 336 g/mol. The highest BCUT2D eigenvalue weighted by Crippen LogP contribution is 2.20. The first-order valence-electron chi connectivity index (χ1n) is 8.52. The highest BCUT2D eigenvalue weighted by atomic mass is 32.1. The Morgan fingerprint density at radius 3 is 2.84 bits per heavy atom. The number of aliphatic hydroxyl groups is 1. The predicted molar refractivity (Wildman–Crippen MR) is 99.9 cm³/mol. The van der Waals surface area contributed by atoms with Crippen molar-refractivity contribution in [3.63, 3.8) is 0 Å². The van der Waals surface area contributed by atoms with Gasteiger partial charge in [-0.1, -0.05) is 30.3 Å². The van der Waals surface area contributed by atoms with Gasteiger partial charge < -0.3 is 15.3 Å². The summed E-state index contributed by atoms with van der Waals surface area (Å²) in [5.74, 6) is -0.0277.